The van der Waals surface area contributed by atoms with Crippen LogP contribution in [0.15, 0.2) is 18.5 Å². The minimum atomic E-state index is 0.134. The van der Waals surface area contributed by atoms with Gasteiger partial charge in [0, 0.05) is 37.4 Å². The Morgan fingerprint density at radius 3 is 2.81 bits per heavy atom. The maximum atomic E-state index is 4.36. The second kappa shape index (κ2) is 6.75. The van der Waals surface area contributed by atoms with E-state index in [2.05, 4.69) is 61.0 Å². The summed E-state index contributed by atoms with van der Waals surface area (Å²) in [5.74, 6) is 0. The summed E-state index contributed by atoms with van der Waals surface area (Å²) < 4.78 is 0. The first-order valence-corrected chi connectivity index (χ1v) is 7.96. The fourth-order valence-electron chi connectivity index (χ4n) is 2.95. The van der Waals surface area contributed by atoms with Gasteiger partial charge in [0.05, 0.1) is 11.9 Å². The standard InChI is InChI=1S/C17H30N4/c1-17(2,3)19-11-14-8-9-18-12-16(14)21-10-6-7-15(21)13-20(4)5/h8-9,12,15,19H,6-7,10-11,13H2,1-5H3. The first-order chi connectivity index (χ1) is 9.87. The summed E-state index contributed by atoms with van der Waals surface area (Å²) in [7, 11) is 4.31. The third-order valence-electron chi connectivity index (χ3n) is 3.96. The zero-order chi connectivity index (χ0) is 15.5. The normalized spacial score (nSPS) is 19.5. The van der Waals surface area contributed by atoms with Crippen molar-refractivity contribution in [3.8, 4) is 0 Å². The monoisotopic (exact) mass is 290 g/mol. The summed E-state index contributed by atoms with van der Waals surface area (Å²) in [4.78, 5) is 9.20. The highest BCUT2D eigenvalue weighted by molar-refractivity contribution is 5.53. The lowest BCUT2D eigenvalue weighted by Crippen LogP contribution is -2.39. The number of nitrogens with one attached hydrogen (secondary N) is 1. The number of nitrogens with zero attached hydrogens (tertiary/aromatic N) is 3. The number of aromatic nitrogens is 1. The van der Waals surface area contributed by atoms with Crippen LogP contribution in [0.2, 0.25) is 0 Å². The van der Waals surface area contributed by atoms with Gasteiger partial charge in [-0.1, -0.05) is 0 Å². The van der Waals surface area contributed by atoms with Crippen LogP contribution in [0.25, 0.3) is 0 Å². The molecule has 0 bridgehead atoms. The van der Waals surface area contributed by atoms with Gasteiger partial charge in [0.1, 0.15) is 0 Å². The van der Waals surface area contributed by atoms with E-state index >= 15 is 0 Å². The van der Waals surface area contributed by atoms with Crippen LogP contribution in [0.5, 0.6) is 0 Å². The van der Waals surface area contributed by atoms with Crippen molar-refractivity contribution in [3.63, 3.8) is 0 Å². The van der Waals surface area contributed by atoms with Gasteiger partial charge in [-0.2, -0.15) is 0 Å². The molecule has 1 atom stereocenters. The zero-order valence-electron chi connectivity index (χ0n) is 14.2. The molecular formula is C17H30N4. The van der Waals surface area contributed by atoms with Crippen LogP contribution in [-0.2, 0) is 6.54 Å². The Morgan fingerprint density at radius 1 is 1.38 bits per heavy atom. The van der Waals surface area contributed by atoms with Crippen LogP contribution in [0.3, 0.4) is 0 Å². The molecule has 0 amide bonds. The minimum absolute atomic E-state index is 0.134. The second-order valence-corrected chi connectivity index (χ2v) is 7.36. The van der Waals surface area contributed by atoms with Crippen molar-refractivity contribution in [1.82, 2.24) is 15.2 Å². The van der Waals surface area contributed by atoms with Crippen LogP contribution >= 0.6 is 0 Å². The van der Waals surface area contributed by atoms with Gasteiger partial charge in [0.2, 0.25) is 0 Å². The molecule has 1 N–H and O–H groups in total. The van der Waals surface area contributed by atoms with Crippen molar-refractivity contribution in [2.75, 3.05) is 32.1 Å². The molecule has 1 aliphatic heterocycles. The van der Waals surface area contributed by atoms with Gasteiger partial charge >= 0.3 is 0 Å². The Hall–Kier alpha value is -1.13. The van der Waals surface area contributed by atoms with Gasteiger partial charge in [0.15, 0.2) is 0 Å². The van der Waals surface area contributed by atoms with Gasteiger partial charge in [-0.25, -0.2) is 0 Å². The van der Waals surface area contributed by atoms with Crippen molar-refractivity contribution in [2.45, 2.75) is 51.7 Å². The van der Waals surface area contributed by atoms with E-state index in [-0.39, 0.29) is 5.54 Å². The molecule has 1 saturated heterocycles. The molecule has 1 aliphatic rings. The fraction of sp³-hybridized carbons (Fsp3) is 0.706. The van der Waals surface area contributed by atoms with Crippen LogP contribution in [0.1, 0.15) is 39.2 Å². The van der Waals surface area contributed by atoms with Crippen LogP contribution < -0.4 is 10.2 Å². The molecule has 0 saturated carbocycles. The van der Waals surface area contributed by atoms with Crippen molar-refractivity contribution in [1.29, 1.82) is 0 Å². The quantitative estimate of drug-likeness (QED) is 0.903. The van der Waals surface area contributed by atoms with Gasteiger partial charge < -0.3 is 15.1 Å². The largest absolute Gasteiger partial charge is 0.366 e. The molecule has 2 heterocycles. The van der Waals surface area contributed by atoms with E-state index in [1.54, 1.807) is 0 Å². The molecule has 1 aromatic heterocycles. The third kappa shape index (κ3) is 4.68. The number of anilines is 1. The number of pyridine rings is 1. The van der Waals surface area contributed by atoms with Crippen LogP contribution in [-0.4, -0.2) is 48.6 Å². The smallest absolute Gasteiger partial charge is 0.0601 e. The van der Waals surface area contributed by atoms with E-state index in [1.807, 2.05) is 12.4 Å². The number of hydrogen-bond donors (Lipinski definition) is 1. The Labute approximate surface area is 129 Å². The lowest BCUT2D eigenvalue weighted by Gasteiger charge is -2.31. The van der Waals surface area contributed by atoms with E-state index in [0.717, 1.165) is 19.6 Å². The lowest BCUT2D eigenvalue weighted by atomic mass is 10.1. The average Bonchev–Trinajstić information content (AvgIpc) is 2.83. The van der Waals surface area contributed by atoms with Crippen molar-refractivity contribution in [2.24, 2.45) is 0 Å². The van der Waals surface area contributed by atoms with Gasteiger partial charge in [0.25, 0.3) is 0 Å². The Morgan fingerprint density at radius 2 is 2.14 bits per heavy atom. The van der Waals surface area contributed by atoms with E-state index < -0.39 is 0 Å². The molecule has 0 radical (unpaired) electrons. The average molecular weight is 290 g/mol. The van der Waals surface area contributed by atoms with Gasteiger partial charge in [-0.3, -0.25) is 4.98 Å². The minimum Gasteiger partial charge on any atom is -0.366 e. The Bertz CT molecular complexity index is 450. The highest BCUT2D eigenvalue weighted by Gasteiger charge is 2.27. The molecule has 118 valence electrons. The topological polar surface area (TPSA) is 31.4 Å². The third-order valence-corrected chi connectivity index (χ3v) is 3.96. The summed E-state index contributed by atoms with van der Waals surface area (Å²) in [6.07, 6.45) is 6.49. The van der Waals surface area contributed by atoms with E-state index in [1.165, 1.54) is 24.1 Å². The van der Waals surface area contributed by atoms with E-state index in [4.69, 9.17) is 0 Å². The highest BCUT2D eigenvalue weighted by Crippen LogP contribution is 2.28. The lowest BCUT2D eigenvalue weighted by molar-refractivity contribution is 0.371. The number of rotatable bonds is 5. The molecule has 2 rings (SSSR count). The van der Waals surface area contributed by atoms with Crippen LogP contribution in [0.4, 0.5) is 5.69 Å². The predicted molar refractivity (Wildman–Crippen MR) is 89.8 cm³/mol. The summed E-state index contributed by atoms with van der Waals surface area (Å²) in [6.45, 7) is 9.77. The maximum absolute atomic E-state index is 4.36. The predicted octanol–water partition coefficient (Wildman–Crippen LogP) is 2.50. The molecule has 4 heteroatoms. The van der Waals surface area contributed by atoms with Crippen molar-refractivity contribution in [3.05, 3.63) is 24.0 Å². The summed E-state index contributed by atoms with van der Waals surface area (Å²) in [6, 6.07) is 2.76. The van der Waals surface area contributed by atoms with Crippen LogP contribution in [0, 0.1) is 0 Å². The fourth-order valence-corrected chi connectivity index (χ4v) is 2.95. The molecule has 1 unspecified atom stereocenters. The van der Waals surface area contributed by atoms with E-state index in [0.29, 0.717) is 6.04 Å². The molecule has 21 heavy (non-hydrogen) atoms. The summed E-state index contributed by atoms with van der Waals surface area (Å²) >= 11 is 0. The molecule has 0 aliphatic carbocycles. The summed E-state index contributed by atoms with van der Waals surface area (Å²) in [5.41, 5.74) is 2.79. The Balaban J connectivity index is 2.15. The van der Waals surface area contributed by atoms with Crippen molar-refractivity contribution >= 4 is 5.69 Å². The number of likely N-dealkylation sites (N-methyl/N-ethyl adjacent to an activating group) is 1. The molecular weight excluding hydrogens is 260 g/mol. The van der Waals surface area contributed by atoms with Gasteiger partial charge in [-0.05, 0) is 59.3 Å². The SMILES string of the molecule is CN(C)CC1CCCN1c1cnccc1CNC(C)(C)C. The zero-order valence-corrected chi connectivity index (χ0v) is 14.2. The highest BCUT2D eigenvalue weighted by atomic mass is 15.2. The maximum Gasteiger partial charge on any atom is 0.0601 e. The summed E-state index contributed by atoms with van der Waals surface area (Å²) in [5, 5.41) is 3.59. The van der Waals surface area contributed by atoms with Gasteiger partial charge in [-0.15, -0.1) is 0 Å². The number of hydrogen-bond acceptors (Lipinski definition) is 4. The van der Waals surface area contributed by atoms with E-state index in [9.17, 15) is 0 Å². The first kappa shape index (κ1) is 16.2. The molecule has 1 fully saturated rings. The van der Waals surface area contributed by atoms with Crippen molar-refractivity contribution < 1.29 is 0 Å². The first-order valence-electron chi connectivity index (χ1n) is 7.96. The molecule has 0 spiro atoms. The molecule has 4 nitrogen and oxygen atoms in total. The Kier molecular flexibility index (Phi) is 5.22. The molecule has 1 aromatic rings. The second-order valence-electron chi connectivity index (χ2n) is 7.36. The molecule has 0 aromatic carbocycles.